The average Bonchev–Trinajstić information content (AvgIpc) is 2.59. The topological polar surface area (TPSA) is 80.6 Å². The molecule has 0 saturated heterocycles. The first-order valence-corrected chi connectivity index (χ1v) is 4.12. The molecule has 0 unspecified atom stereocenters. The Bertz CT molecular complexity index is 490. The Kier molecular flexibility index (Phi) is 1.94. The van der Waals surface area contributed by atoms with Crippen molar-refractivity contribution < 1.29 is 9.90 Å². The van der Waals surface area contributed by atoms with Gasteiger partial charge in [-0.2, -0.15) is 5.10 Å². The van der Waals surface area contributed by atoms with E-state index in [1.165, 1.54) is 10.7 Å². The van der Waals surface area contributed by atoms with Crippen LogP contribution in [0.3, 0.4) is 0 Å². The van der Waals surface area contributed by atoms with E-state index in [-0.39, 0.29) is 5.56 Å². The molecule has 0 saturated carbocycles. The molecule has 2 heterocycles. The van der Waals surface area contributed by atoms with Crippen molar-refractivity contribution in [2.45, 2.75) is 6.54 Å². The lowest BCUT2D eigenvalue weighted by atomic mass is 10.2. The number of rotatable bonds is 2. The van der Waals surface area contributed by atoms with Gasteiger partial charge in [-0.25, -0.2) is 9.31 Å². The van der Waals surface area contributed by atoms with E-state index in [4.69, 9.17) is 10.8 Å². The van der Waals surface area contributed by atoms with Gasteiger partial charge in [0, 0.05) is 12.7 Å². The van der Waals surface area contributed by atoms with Crippen LogP contribution in [0.2, 0.25) is 0 Å². The highest BCUT2D eigenvalue weighted by Gasteiger charge is 2.10. The number of carboxylic acid groups (broad SMARTS) is 1. The summed E-state index contributed by atoms with van der Waals surface area (Å²) in [4.78, 5) is 10.8. The molecule has 0 aromatic carbocycles. The number of carboxylic acids is 1. The second-order valence-corrected chi connectivity index (χ2v) is 2.93. The lowest BCUT2D eigenvalue weighted by molar-refractivity contribution is 0.0699. The van der Waals surface area contributed by atoms with Crippen LogP contribution < -0.4 is 5.73 Å². The molecule has 0 aliphatic heterocycles. The summed E-state index contributed by atoms with van der Waals surface area (Å²) in [6, 6.07) is 3.54. The number of nitrogens with zero attached hydrogens (tertiary/aromatic N) is 2. The summed E-state index contributed by atoms with van der Waals surface area (Å²) in [7, 11) is 0. The van der Waals surface area contributed by atoms with Gasteiger partial charge in [-0.15, -0.1) is 0 Å². The van der Waals surface area contributed by atoms with Crippen LogP contribution in [0.15, 0.2) is 24.5 Å². The molecule has 0 bridgehead atoms. The highest BCUT2D eigenvalue weighted by Crippen LogP contribution is 2.12. The maximum absolute atomic E-state index is 10.8. The van der Waals surface area contributed by atoms with Gasteiger partial charge in [0.25, 0.3) is 0 Å². The Balaban J connectivity index is 2.69. The molecule has 0 atom stereocenters. The van der Waals surface area contributed by atoms with E-state index < -0.39 is 5.97 Å². The lowest BCUT2D eigenvalue weighted by Gasteiger charge is -1.98. The zero-order valence-electron chi connectivity index (χ0n) is 7.34. The van der Waals surface area contributed by atoms with Gasteiger partial charge in [-0.3, -0.25) is 0 Å². The van der Waals surface area contributed by atoms with E-state index in [9.17, 15) is 4.79 Å². The Morgan fingerprint density at radius 2 is 2.43 bits per heavy atom. The van der Waals surface area contributed by atoms with Crippen LogP contribution in [0.5, 0.6) is 0 Å². The number of hydrogen-bond donors (Lipinski definition) is 2. The molecule has 0 aliphatic carbocycles. The van der Waals surface area contributed by atoms with Gasteiger partial charge in [0.15, 0.2) is 0 Å². The number of hydrogen-bond acceptors (Lipinski definition) is 3. The minimum Gasteiger partial charge on any atom is -0.478 e. The summed E-state index contributed by atoms with van der Waals surface area (Å²) in [5.74, 6) is -0.978. The van der Waals surface area contributed by atoms with Crippen LogP contribution in [0, 0.1) is 0 Å². The van der Waals surface area contributed by atoms with E-state index in [1.807, 2.05) is 6.07 Å². The largest absolute Gasteiger partial charge is 0.478 e. The highest BCUT2D eigenvalue weighted by molar-refractivity contribution is 5.95. The molecule has 2 aromatic rings. The van der Waals surface area contributed by atoms with Crippen molar-refractivity contribution in [2.24, 2.45) is 5.73 Å². The SMILES string of the molecule is NCc1ccn2ncc(C(=O)O)c2c1. The first kappa shape index (κ1) is 8.71. The number of fused-ring (bicyclic) bond motifs is 1. The van der Waals surface area contributed by atoms with Gasteiger partial charge in [-0.1, -0.05) is 0 Å². The van der Waals surface area contributed by atoms with Gasteiger partial charge in [0.1, 0.15) is 5.56 Å². The van der Waals surface area contributed by atoms with Gasteiger partial charge in [-0.05, 0) is 17.7 Å². The van der Waals surface area contributed by atoms with Crippen molar-refractivity contribution in [2.75, 3.05) is 0 Å². The minimum absolute atomic E-state index is 0.195. The quantitative estimate of drug-likeness (QED) is 0.723. The third kappa shape index (κ3) is 1.23. The molecule has 2 rings (SSSR count). The predicted molar refractivity (Wildman–Crippen MR) is 50.0 cm³/mol. The van der Waals surface area contributed by atoms with Crippen molar-refractivity contribution >= 4 is 11.5 Å². The van der Waals surface area contributed by atoms with Gasteiger partial charge in [0.2, 0.25) is 0 Å². The lowest BCUT2D eigenvalue weighted by Crippen LogP contribution is -1.99. The fourth-order valence-corrected chi connectivity index (χ4v) is 1.32. The summed E-state index contributed by atoms with van der Waals surface area (Å²) in [5, 5.41) is 12.8. The normalized spacial score (nSPS) is 10.6. The fourth-order valence-electron chi connectivity index (χ4n) is 1.32. The zero-order chi connectivity index (χ0) is 10.1. The zero-order valence-corrected chi connectivity index (χ0v) is 7.34. The van der Waals surface area contributed by atoms with Gasteiger partial charge >= 0.3 is 5.97 Å². The fraction of sp³-hybridized carbons (Fsp3) is 0.111. The van der Waals surface area contributed by atoms with Gasteiger partial charge in [0.05, 0.1) is 11.7 Å². The van der Waals surface area contributed by atoms with E-state index in [2.05, 4.69) is 5.10 Å². The third-order valence-corrected chi connectivity index (χ3v) is 2.05. The van der Waals surface area contributed by atoms with Crippen LogP contribution in [0.4, 0.5) is 0 Å². The summed E-state index contributed by atoms with van der Waals surface area (Å²) in [6.45, 7) is 0.390. The van der Waals surface area contributed by atoms with E-state index in [1.54, 1.807) is 12.3 Å². The molecular weight excluding hydrogens is 182 g/mol. The maximum atomic E-state index is 10.8. The van der Waals surface area contributed by atoms with E-state index in [0.29, 0.717) is 12.1 Å². The summed E-state index contributed by atoms with van der Waals surface area (Å²) in [6.07, 6.45) is 3.03. The molecule has 5 heteroatoms. The molecule has 0 amide bonds. The van der Waals surface area contributed by atoms with Crippen LogP contribution in [-0.2, 0) is 6.54 Å². The first-order chi connectivity index (χ1) is 6.72. The number of pyridine rings is 1. The first-order valence-electron chi connectivity index (χ1n) is 4.12. The van der Waals surface area contributed by atoms with Crippen LogP contribution >= 0.6 is 0 Å². The van der Waals surface area contributed by atoms with E-state index in [0.717, 1.165) is 5.56 Å². The van der Waals surface area contributed by atoms with Crippen LogP contribution in [0.1, 0.15) is 15.9 Å². The molecule has 0 radical (unpaired) electrons. The van der Waals surface area contributed by atoms with Crippen molar-refractivity contribution in [3.8, 4) is 0 Å². The Hall–Kier alpha value is -1.88. The second-order valence-electron chi connectivity index (χ2n) is 2.93. The number of nitrogens with two attached hydrogens (primary N) is 1. The molecule has 72 valence electrons. The molecular formula is C9H9N3O2. The van der Waals surface area contributed by atoms with Crippen molar-refractivity contribution in [1.82, 2.24) is 9.61 Å². The molecule has 5 nitrogen and oxygen atoms in total. The van der Waals surface area contributed by atoms with Crippen molar-refractivity contribution in [1.29, 1.82) is 0 Å². The molecule has 0 fully saturated rings. The predicted octanol–water partition coefficient (Wildman–Crippen LogP) is 0.491. The Labute approximate surface area is 79.8 Å². The number of aromatic carboxylic acids is 1. The Morgan fingerprint density at radius 1 is 1.64 bits per heavy atom. The summed E-state index contributed by atoms with van der Waals surface area (Å²) < 4.78 is 1.52. The van der Waals surface area contributed by atoms with Gasteiger partial charge < -0.3 is 10.8 Å². The van der Waals surface area contributed by atoms with Crippen LogP contribution in [0.25, 0.3) is 5.52 Å². The highest BCUT2D eigenvalue weighted by atomic mass is 16.4. The standard InChI is InChI=1S/C9H9N3O2/c10-4-6-1-2-12-8(3-6)7(5-11-12)9(13)14/h1-3,5H,4,10H2,(H,13,14). The monoisotopic (exact) mass is 191 g/mol. The number of carbonyl (C=O) groups is 1. The third-order valence-electron chi connectivity index (χ3n) is 2.05. The molecule has 2 aromatic heterocycles. The minimum atomic E-state index is -0.978. The summed E-state index contributed by atoms with van der Waals surface area (Å²) >= 11 is 0. The average molecular weight is 191 g/mol. The van der Waals surface area contributed by atoms with Crippen LogP contribution in [-0.4, -0.2) is 20.7 Å². The summed E-state index contributed by atoms with van der Waals surface area (Å²) in [5.41, 5.74) is 7.11. The smallest absolute Gasteiger partial charge is 0.339 e. The second kappa shape index (κ2) is 3.12. The molecule has 3 N–H and O–H groups in total. The number of aromatic nitrogens is 2. The molecule has 0 aliphatic rings. The Morgan fingerprint density at radius 3 is 3.07 bits per heavy atom. The molecule has 0 spiro atoms. The maximum Gasteiger partial charge on any atom is 0.339 e. The molecule has 14 heavy (non-hydrogen) atoms. The van der Waals surface area contributed by atoms with Crippen molar-refractivity contribution in [3.63, 3.8) is 0 Å². The van der Waals surface area contributed by atoms with Crippen molar-refractivity contribution in [3.05, 3.63) is 35.7 Å². The van der Waals surface area contributed by atoms with E-state index >= 15 is 0 Å².